The third-order valence-electron chi connectivity index (χ3n) is 3.87. The zero-order chi connectivity index (χ0) is 10.7. The van der Waals surface area contributed by atoms with E-state index in [0.29, 0.717) is 0 Å². The number of nitrogens with one attached hydrogen (secondary N) is 1. The molecule has 0 aromatic heterocycles. The van der Waals surface area contributed by atoms with Gasteiger partial charge in [-0.1, -0.05) is 13.8 Å². The van der Waals surface area contributed by atoms with Gasteiger partial charge < -0.3 is 5.32 Å². The second kappa shape index (κ2) is 5.55. The second-order valence-electron chi connectivity index (χ2n) is 4.76. The number of piperidine rings is 1. The minimum Gasteiger partial charge on any atom is -0.315 e. The van der Waals surface area contributed by atoms with Crippen LogP contribution in [0.2, 0.25) is 0 Å². The van der Waals surface area contributed by atoms with Crippen molar-refractivity contribution < 1.29 is 0 Å². The molecule has 15 heavy (non-hydrogen) atoms. The molecule has 0 amide bonds. The molecule has 0 aromatic carbocycles. The minimum atomic E-state index is 0.801. The van der Waals surface area contributed by atoms with Crippen LogP contribution in [0, 0.1) is 0 Å². The highest BCUT2D eigenvalue weighted by atomic mass is 32.2. The predicted octanol–water partition coefficient (Wildman–Crippen LogP) is 1.95. The molecule has 2 aliphatic heterocycles. The van der Waals surface area contributed by atoms with Crippen molar-refractivity contribution in [2.45, 2.75) is 50.4 Å². The van der Waals surface area contributed by atoms with E-state index >= 15 is 0 Å². The van der Waals surface area contributed by atoms with Crippen molar-refractivity contribution in [1.82, 2.24) is 10.2 Å². The van der Waals surface area contributed by atoms with Crippen molar-refractivity contribution in [2.24, 2.45) is 0 Å². The maximum Gasteiger partial charge on any atom is 0.0224 e. The standard InChI is InChI=1S/C12H24N2S/c1-3-14(11-5-4-7-13-9-11)12-6-8-15-10(12)2/h10-13H,3-9H2,1-2H3. The van der Waals surface area contributed by atoms with Gasteiger partial charge in [0.25, 0.3) is 0 Å². The normalized spacial score (nSPS) is 37.4. The summed E-state index contributed by atoms with van der Waals surface area (Å²) in [4.78, 5) is 2.76. The van der Waals surface area contributed by atoms with Crippen LogP contribution < -0.4 is 5.32 Å². The summed E-state index contributed by atoms with van der Waals surface area (Å²) in [5.74, 6) is 1.36. The maximum atomic E-state index is 3.54. The second-order valence-corrected chi connectivity index (χ2v) is 6.25. The molecular weight excluding hydrogens is 204 g/mol. The molecule has 3 heteroatoms. The van der Waals surface area contributed by atoms with Crippen LogP contribution in [-0.4, -0.2) is 47.6 Å². The molecule has 2 heterocycles. The summed E-state index contributed by atoms with van der Waals surface area (Å²) in [5, 5.41) is 4.38. The highest BCUT2D eigenvalue weighted by Crippen LogP contribution is 2.32. The van der Waals surface area contributed by atoms with E-state index in [2.05, 4.69) is 35.8 Å². The van der Waals surface area contributed by atoms with Gasteiger partial charge in [-0.25, -0.2) is 0 Å². The molecule has 2 nitrogen and oxygen atoms in total. The summed E-state index contributed by atoms with van der Waals surface area (Å²) in [5.41, 5.74) is 0. The van der Waals surface area contributed by atoms with Crippen molar-refractivity contribution >= 4 is 11.8 Å². The van der Waals surface area contributed by atoms with Crippen LogP contribution in [0.3, 0.4) is 0 Å². The fraction of sp³-hybridized carbons (Fsp3) is 1.00. The summed E-state index contributed by atoms with van der Waals surface area (Å²) in [6, 6.07) is 1.64. The maximum absolute atomic E-state index is 3.54. The van der Waals surface area contributed by atoms with Gasteiger partial charge in [-0.2, -0.15) is 11.8 Å². The van der Waals surface area contributed by atoms with Gasteiger partial charge in [-0.15, -0.1) is 0 Å². The van der Waals surface area contributed by atoms with Crippen LogP contribution in [0.25, 0.3) is 0 Å². The lowest BCUT2D eigenvalue weighted by Gasteiger charge is -2.39. The summed E-state index contributed by atoms with van der Waals surface area (Å²) < 4.78 is 0. The molecule has 3 atom stereocenters. The fourth-order valence-corrected chi connectivity index (χ4v) is 4.30. The lowest BCUT2D eigenvalue weighted by Crippen LogP contribution is -2.51. The smallest absolute Gasteiger partial charge is 0.0224 e. The van der Waals surface area contributed by atoms with E-state index in [9.17, 15) is 0 Å². The summed E-state index contributed by atoms with van der Waals surface area (Å²) in [6.07, 6.45) is 4.15. The van der Waals surface area contributed by atoms with Crippen molar-refractivity contribution in [2.75, 3.05) is 25.4 Å². The number of hydrogen-bond acceptors (Lipinski definition) is 3. The summed E-state index contributed by atoms with van der Waals surface area (Å²) >= 11 is 2.15. The molecule has 0 bridgehead atoms. The van der Waals surface area contributed by atoms with Gasteiger partial charge >= 0.3 is 0 Å². The Morgan fingerprint density at radius 2 is 2.27 bits per heavy atom. The number of nitrogens with zero attached hydrogens (tertiary/aromatic N) is 1. The lowest BCUT2D eigenvalue weighted by molar-refractivity contribution is 0.120. The monoisotopic (exact) mass is 228 g/mol. The Hall–Kier alpha value is 0.270. The number of rotatable bonds is 3. The van der Waals surface area contributed by atoms with E-state index in [0.717, 1.165) is 17.3 Å². The minimum absolute atomic E-state index is 0.801. The first-order valence-corrected chi connectivity index (χ1v) is 7.46. The van der Waals surface area contributed by atoms with E-state index in [1.807, 2.05) is 0 Å². The Kier molecular flexibility index (Phi) is 4.35. The van der Waals surface area contributed by atoms with Gasteiger partial charge in [0, 0.05) is 23.9 Å². The van der Waals surface area contributed by atoms with Crippen LogP contribution in [0.15, 0.2) is 0 Å². The first-order chi connectivity index (χ1) is 7.33. The molecular formula is C12H24N2S. The summed E-state index contributed by atoms with van der Waals surface area (Å²) in [6.45, 7) is 8.39. The van der Waals surface area contributed by atoms with E-state index in [1.54, 1.807) is 0 Å². The zero-order valence-electron chi connectivity index (χ0n) is 10.0. The highest BCUT2D eigenvalue weighted by Gasteiger charge is 2.33. The van der Waals surface area contributed by atoms with E-state index in [4.69, 9.17) is 0 Å². The Bertz CT molecular complexity index is 192. The molecule has 2 fully saturated rings. The summed E-state index contributed by atoms with van der Waals surface area (Å²) in [7, 11) is 0. The Morgan fingerprint density at radius 1 is 1.40 bits per heavy atom. The van der Waals surface area contributed by atoms with Crippen LogP contribution in [-0.2, 0) is 0 Å². The Labute approximate surface area is 98.2 Å². The third-order valence-corrected chi connectivity index (χ3v) is 5.18. The van der Waals surface area contributed by atoms with Crippen LogP contribution in [0.4, 0.5) is 0 Å². The first-order valence-electron chi connectivity index (χ1n) is 6.41. The number of hydrogen-bond donors (Lipinski definition) is 1. The van der Waals surface area contributed by atoms with Crippen LogP contribution in [0.1, 0.15) is 33.1 Å². The van der Waals surface area contributed by atoms with Gasteiger partial charge in [0.2, 0.25) is 0 Å². The molecule has 0 spiro atoms. The van der Waals surface area contributed by atoms with Gasteiger partial charge in [0.1, 0.15) is 0 Å². The van der Waals surface area contributed by atoms with Gasteiger partial charge in [-0.3, -0.25) is 4.90 Å². The molecule has 2 aliphatic rings. The third kappa shape index (κ3) is 2.69. The average molecular weight is 228 g/mol. The van der Waals surface area contributed by atoms with Gasteiger partial charge in [0.05, 0.1) is 0 Å². The van der Waals surface area contributed by atoms with Crippen molar-refractivity contribution in [3.63, 3.8) is 0 Å². The van der Waals surface area contributed by atoms with E-state index in [1.165, 1.54) is 44.6 Å². The van der Waals surface area contributed by atoms with Crippen molar-refractivity contribution in [3.8, 4) is 0 Å². The molecule has 0 aliphatic carbocycles. The fourth-order valence-electron chi connectivity index (χ4n) is 3.04. The largest absolute Gasteiger partial charge is 0.315 e. The molecule has 88 valence electrons. The van der Waals surface area contributed by atoms with E-state index < -0.39 is 0 Å². The Morgan fingerprint density at radius 3 is 2.80 bits per heavy atom. The SMILES string of the molecule is CCN(C1CCCNC1)C1CCSC1C. The number of likely N-dealkylation sites (N-methyl/N-ethyl adjacent to an activating group) is 1. The highest BCUT2D eigenvalue weighted by molar-refractivity contribution is 8.00. The van der Waals surface area contributed by atoms with E-state index in [-0.39, 0.29) is 0 Å². The molecule has 2 saturated heterocycles. The Balaban J connectivity index is 1.95. The molecule has 0 saturated carbocycles. The predicted molar refractivity (Wildman–Crippen MR) is 68.6 cm³/mol. The van der Waals surface area contributed by atoms with Crippen LogP contribution >= 0.6 is 11.8 Å². The zero-order valence-corrected chi connectivity index (χ0v) is 10.9. The molecule has 0 aromatic rings. The molecule has 2 rings (SSSR count). The number of thioether (sulfide) groups is 1. The van der Waals surface area contributed by atoms with Gasteiger partial charge in [0.15, 0.2) is 0 Å². The molecule has 1 N–H and O–H groups in total. The molecule has 3 unspecified atom stereocenters. The first kappa shape index (κ1) is 11.7. The lowest BCUT2D eigenvalue weighted by atomic mass is 10.0. The van der Waals surface area contributed by atoms with Crippen molar-refractivity contribution in [1.29, 1.82) is 0 Å². The quantitative estimate of drug-likeness (QED) is 0.795. The van der Waals surface area contributed by atoms with Crippen LogP contribution in [0.5, 0.6) is 0 Å². The van der Waals surface area contributed by atoms with Crippen molar-refractivity contribution in [3.05, 3.63) is 0 Å². The average Bonchev–Trinajstić information content (AvgIpc) is 2.68. The van der Waals surface area contributed by atoms with Gasteiger partial charge in [-0.05, 0) is 38.1 Å². The topological polar surface area (TPSA) is 15.3 Å². The molecule has 0 radical (unpaired) electrons.